The van der Waals surface area contributed by atoms with Crippen molar-refractivity contribution in [2.45, 2.75) is 25.4 Å². The number of hydrogen-bond donors (Lipinski definition) is 1. The molecule has 6 heteroatoms. The fourth-order valence-electron chi connectivity index (χ4n) is 2.70. The maximum absolute atomic E-state index is 12.6. The maximum atomic E-state index is 12.6. The second-order valence-corrected chi connectivity index (χ2v) is 7.78. The second kappa shape index (κ2) is 6.22. The zero-order valence-electron chi connectivity index (χ0n) is 11.7. The van der Waals surface area contributed by atoms with Crippen LogP contribution in [0.5, 0.6) is 0 Å². The lowest BCUT2D eigenvalue weighted by molar-refractivity contribution is -0.151. The van der Waals surface area contributed by atoms with Crippen LogP contribution in [0.25, 0.3) is 0 Å². The van der Waals surface area contributed by atoms with Crippen LogP contribution < -0.4 is 0 Å². The lowest BCUT2D eigenvalue weighted by atomic mass is 9.93. The Balaban J connectivity index is 1.84. The van der Waals surface area contributed by atoms with Crippen LogP contribution in [0.1, 0.15) is 16.0 Å². The van der Waals surface area contributed by atoms with Crippen molar-refractivity contribution < 1.29 is 14.7 Å². The number of halogens is 1. The molecule has 1 aromatic heterocycles. The number of carbonyl (C=O) groups is 2. The Kier molecular flexibility index (Phi) is 4.31. The molecule has 3 rings (SSSR count). The van der Waals surface area contributed by atoms with E-state index in [-0.39, 0.29) is 12.3 Å². The van der Waals surface area contributed by atoms with Crippen molar-refractivity contribution >= 4 is 39.1 Å². The predicted molar refractivity (Wildman–Crippen MR) is 87.8 cm³/mol. The van der Waals surface area contributed by atoms with Gasteiger partial charge in [0.2, 0.25) is 5.91 Å². The molecule has 0 saturated heterocycles. The maximum Gasteiger partial charge on any atom is 0.326 e. The molecule has 0 saturated carbocycles. The number of carboxylic acids is 1. The smallest absolute Gasteiger partial charge is 0.326 e. The second-order valence-electron chi connectivity index (χ2n) is 5.23. The lowest BCUT2D eigenvalue weighted by Gasteiger charge is -2.34. The van der Waals surface area contributed by atoms with Crippen molar-refractivity contribution in [1.29, 1.82) is 0 Å². The molecular weight excluding hydrogens is 366 g/mol. The average Bonchev–Trinajstić information content (AvgIpc) is 2.90. The van der Waals surface area contributed by atoms with E-state index < -0.39 is 12.0 Å². The zero-order valence-corrected chi connectivity index (χ0v) is 14.1. The quantitative estimate of drug-likeness (QED) is 0.891. The number of fused-ring (bicyclic) bond motifs is 1. The molecular formula is C16H14BrNO3S. The first-order valence-corrected chi connectivity index (χ1v) is 8.49. The predicted octanol–water partition coefficient (Wildman–Crippen LogP) is 3.09. The Hall–Kier alpha value is -1.66. The molecule has 0 radical (unpaired) electrons. The van der Waals surface area contributed by atoms with Gasteiger partial charge in [0.15, 0.2) is 0 Å². The molecule has 1 unspecified atom stereocenters. The number of benzene rings is 1. The third-order valence-corrected chi connectivity index (χ3v) is 5.43. The van der Waals surface area contributed by atoms with Crippen molar-refractivity contribution in [3.05, 3.63) is 56.2 Å². The summed E-state index contributed by atoms with van der Waals surface area (Å²) in [6.07, 6.45) is 0.605. The van der Waals surface area contributed by atoms with E-state index in [0.29, 0.717) is 13.0 Å². The number of thiophene rings is 1. The summed E-state index contributed by atoms with van der Waals surface area (Å²) in [4.78, 5) is 26.5. The van der Waals surface area contributed by atoms with E-state index in [4.69, 9.17) is 0 Å². The van der Waals surface area contributed by atoms with E-state index in [9.17, 15) is 14.7 Å². The highest BCUT2D eigenvalue weighted by Crippen LogP contribution is 2.26. The number of rotatable bonds is 3. The fraction of sp³-hybridized carbons (Fsp3) is 0.250. The standard InChI is InChI=1S/C16H14BrNO3S/c17-14-6-5-12(22-14)8-15(19)18-9-11-4-2-1-3-10(11)7-13(18)16(20)21/h1-6,13H,7-9H2,(H,20,21). The van der Waals surface area contributed by atoms with Gasteiger partial charge in [0, 0.05) is 17.8 Å². The molecule has 0 aliphatic carbocycles. The van der Waals surface area contributed by atoms with Gasteiger partial charge in [-0.3, -0.25) is 4.79 Å². The molecule has 114 valence electrons. The molecule has 1 N–H and O–H groups in total. The third-order valence-electron chi connectivity index (χ3n) is 3.81. The molecule has 4 nitrogen and oxygen atoms in total. The highest BCUT2D eigenvalue weighted by atomic mass is 79.9. The van der Waals surface area contributed by atoms with Crippen LogP contribution in [-0.2, 0) is 29.0 Å². The molecule has 2 heterocycles. The summed E-state index contributed by atoms with van der Waals surface area (Å²) < 4.78 is 0.967. The van der Waals surface area contributed by atoms with E-state index in [1.807, 2.05) is 36.4 Å². The normalized spacial score (nSPS) is 17.1. The van der Waals surface area contributed by atoms with E-state index in [1.165, 1.54) is 16.2 Å². The molecule has 1 aliphatic rings. The van der Waals surface area contributed by atoms with Crippen molar-refractivity contribution in [2.75, 3.05) is 0 Å². The summed E-state index contributed by atoms with van der Waals surface area (Å²) >= 11 is 4.87. The average molecular weight is 380 g/mol. The minimum Gasteiger partial charge on any atom is -0.480 e. The number of nitrogens with zero attached hydrogens (tertiary/aromatic N) is 1. The van der Waals surface area contributed by atoms with Gasteiger partial charge >= 0.3 is 5.97 Å². The summed E-state index contributed by atoms with van der Waals surface area (Å²) in [5, 5.41) is 9.45. The molecule has 0 spiro atoms. The molecule has 22 heavy (non-hydrogen) atoms. The van der Waals surface area contributed by atoms with Crippen molar-refractivity contribution in [3.63, 3.8) is 0 Å². The number of aliphatic carboxylic acids is 1. The topological polar surface area (TPSA) is 57.6 Å². The van der Waals surface area contributed by atoms with Gasteiger partial charge in [0.05, 0.1) is 10.2 Å². The van der Waals surface area contributed by atoms with Crippen LogP contribution in [0.2, 0.25) is 0 Å². The van der Waals surface area contributed by atoms with Crippen LogP contribution >= 0.6 is 27.3 Å². The molecule has 1 amide bonds. The van der Waals surface area contributed by atoms with E-state index >= 15 is 0 Å². The molecule has 1 atom stereocenters. The largest absolute Gasteiger partial charge is 0.480 e. The van der Waals surface area contributed by atoms with Gasteiger partial charge in [-0.05, 0) is 39.2 Å². The van der Waals surface area contributed by atoms with Crippen molar-refractivity contribution in [1.82, 2.24) is 4.90 Å². The van der Waals surface area contributed by atoms with Crippen LogP contribution in [-0.4, -0.2) is 27.9 Å². The minimum atomic E-state index is -0.949. The molecule has 0 bridgehead atoms. The fourth-order valence-corrected chi connectivity index (χ4v) is 4.18. The molecule has 0 fully saturated rings. The number of hydrogen-bond acceptors (Lipinski definition) is 3. The monoisotopic (exact) mass is 379 g/mol. The van der Waals surface area contributed by atoms with Gasteiger partial charge in [-0.15, -0.1) is 11.3 Å². The van der Waals surface area contributed by atoms with E-state index in [1.54, 1.807) is 0 Å². The Morgan fingerprint density at radius 1 is 1.23 bits per heavy atom. The summed E-state index contributed by atoms with van der Waals surface area (Å²) in [6.45, 7) is 0.360. The van der Waals surface area contributed by atoms with Crippen LogP contribution in [0.15, 0.2) is 40.2 Å². The number of carboxylic acid groups (broad SMARTS) is 1. The van der Waals surface area contributed by atoms with Gasteiger partial charge < -0.3 is 10.0 Å². The van der Waals surface area contributed by atoms with Crippen molar-refractivity contribution in [2.24, 2.45) is 0 Å². The summed E-state index contributed by atoms with van der Waals surface area (Å²) in [6, 6.07) is 10.7. The first-order chi connectivity index (χ1) is 10.5. The molecule has 1 aliphatic heterocycles. The Bertz CT molecular complexity index is 728. The zero-order chi connectivity index (χ0) is 15.7. The summed E-state index contributed by atoms with van der Waals surface area (Å²) in [5.41, 5.74) is 2.04. The lowest BCUT2D eigenvalue weighted by Crippen LogP contribution is -2.49. The highest BCUT2D eigenvalue weighted by Gasteiger charge is 2.34. The number of carbonyl (C=O) groups excluding carboxylic acids is 1. The van der Waals surface area contributed by atoms with E-state index in [2.05, 4.69) is 15.9 Å². The third kappa shape index (κ3) is 3.08. The molecule has 2 aromatic rings. The number of amides is 1. The van der Waals surface area contributed by atoms with Crippen LogP contribution in [0.3, 0.4) is 0 Å². The minimum absolute atomic E-state index is 0.142. The Labute approximate surface area is 140 Å². The van der Waals surface area contributed by atoms with Crippen LogP contribution in [0.4, 0.5) is 0 Å². The van der Waals surface area contributed by atoms with E-state index in [0.717, 1.165) is 19.8 Å². The van der Waals surface area contributed by atoms with Gasteiger partial charge in [-0.2, -0.15) is 0 Å². The first-order valence-electron chi connectivity index (χ1n) is 6.88. The van der Waals surface area contributed by atoms with Gasteiger partial charge in [-0.25, -0.2) is 4.79 Å². The highest BCUT2D eigenvalue weighted by molar-refractivity contribution is 9.11. The summed E-state index contributed by atoms with van der Waals surface area (Å²) in [5.74, 6) is -1.09. The first kappa shape index (κ1) is 15.2. The van der Waals surface area contributed by atoms with Crippen LogP contribution in [0, 0.1) is 0 Å². The molecule has 1 aromatic carbocycles. The van der Waals surface area contributed by atoms with Gasteiger partial charge in [0.25, 0.3) is 0 Å². The van der Waals surface area contributed by atoms with Crippen molar-refractivity contribution in [3.8, 4) is 0 Å². The Morgan fingerprint density at radius 2 is 1.95 bits per heavy atom. The summed E-state index contributed by atoms with van der Waals surface area (Å²) in [7, 11) is 0. The Morgan fingerprint density at radius 3 is 2.59 bits per heavy atom. The van der Waals surface area contributed by atoms with Gasteiger partial charge in [0.1, 0.15) is 6.04 Å². The SMILES string of the molecule is O=C(O)C1Cc2ccccc2CN1C(=O)Cc1ccc(Br)s1. The van der Waals surface area contributed by atoms with Gasteiger partial charge in [-0.1, -0.05) is 24.3 Å².